The van der Waals surface area contributed by atoms with Crippen LogP contribution in [0, 0.1) is 5.82 Å². The third-order valence-electron chi connectivity index (χ3n) is 4.96. The van der Waals surface area contributed by atoms with Crippen LogP contribution in [0.4, 0.5) is 10.1 Å². The number of aromatic nitrogens is 2. The van der Waals surface area contributed by atoms with Gasteiger partial charge in [-0.1, -0.05) is 24.3 Å². The van der Waals surface area contributed by atoms with E-state index in [2.05, 4.69) is 27.9 Å². The molecule has 2 N–H and O–H groups in total. The van der Waals surface area contributed by atoms with Crippen molar-refractivity contribution in [3.63, 3.8) is 0 Å². The Labute approximate surface area is 163 Å². The Bertz CT molecular complexity index is 951. The molecule has 6 heteroatoms. The summed E-state index contributed by atoms with van der Waals surface area (Å²) in [6.45, 7) is 1.26. The molecule has 2 heterocycles. The molecule has 4 rings (SSSR count). The first-order valence-electron chi connectivity index (χ1n) is 9.55. The predicted molar refractivity (Wildman–Crippen MR) is 106 cm³/mol. The van der Waals surface area contributed by atoms with Gasteiger partial charge in [0.05, 0.1) is 18.8 Å². The number of nitrogens with zero attached hydrogens (tertiary/aromatic N) is 2. The zero-order valence-corrected chi connectivity index (χ0v) is 15.6. The minimum absolute atomic E-state index is 0.0986. The molecule has 5 nitrogen and oxygen atoms in total. The number of amides is 1. The molecule has 1 aromatic heterocycles. The van der Waals surface area contributed by atoms with E-state index >= 15 is 0 Å². The number of halogens is 1. The molecule has 0 radical (unpaired) electrons. The number of hydrogen-bond acceptors (Lipinski definition) is 3. The minimum atomic E-state index is -0.232. The number of anilines is 1. The topological polar surface area (TPSA) is 59.0 Å². The third-order valence-corrected chi connectivity index (χ3v) is 4.96. The number of nitrogens with one attached hydrogen (secondary N) is 2. The molecule has 144 valence electrons. The lowest BCUT2D eigenvalue weighted by Gasteiger charge is -2.24. The molecule has 3 aromatic rings. The van der Waals surface area contributed by atoms with Gasteiger partial charge in [-0.2, -0.15) is 5.10 Å². The minimum Gasteiger partial charge on any atom is -0.381 e. The summed E-state index contributed by atoms with van der Waals surface area (Å²) in [5.74, 6) is -0.104. The van der Waals surface area contributed by atoms with Crippen molar-refractivity contribution in [3.8, 4) is 0 Å². The lowest BCUT2D eigenvalue weighted by molar-refractivity contribution is -0.123. The maximum Gasteiger partial charge on any atom is 0.220 e. The standard InChI is InChI=1S/C22H23FN4O/c23-19-9-7-16(8-10-19)14-27-15-17(13-25-27)12-24-20-4-1-3-18(11-20)21-5-2-6-22(28)26-21/h1,3-4,7-11,13,15,21,24H,2,5-6,12,14H2,(H,26,28). The van der Waals surface area contributed by atoms with E-state index in [-0.39, 0.29) is 17.8 Å². The largest absolute Gasteiger partial charge is 0.381 e. The molecule has 0 aliphatic carbocycles. The lowest BCUT2D eigenvalue weighted by Crippen LogP contribution is -2.32. The zero-order valence-electron chi connectivity index (χ0n) is 15.6. The summed E-state index contributed by atoms with van der Waals surface area (Å²) in [4.78, 5) is 11.6. The molecule has 1 fully saturated rings. The number of piperidine rings is 1. The van der Waals surface area contributed by atoms with Crippen LogP contribution in [0.15, 0.2) is 60.9 Å². The average Bonchev–Trinajstić information content (AvgIpc) is 3.16. The fourth-order valence-electron chi connectivity index (χ4n) is 3.49. The molecular formula is C22H23FN4O. The summed E-state index contributed by atoms with van der Waals surface area (Å²) < 4.78 is 14.9. The van der Waals surface area contributed by atoms with E-state index in [1.54, 1.807) is 12.1 Å². The quantitative estimate of drug-likeness (QED) is 0.681. The highest BCUT2D eigenvalue weighted by Gasteiger charge is 2.19. The number of carbonyl (C=O) groups excluding carboxylic acids is 1. The van der Waals surface area contributed by atoms with Gasteiger partial charge >= 0.3 is 0 Å². The van der Waals surface area contributed by atoms with Crippen molar-refractivity contribution in [1.82, 2.24) is 15.1 Å². The Balaban J connectivity index is 1.36. The molecule has 1 amide bonds. The molecule has 1 saturated heterocycles. The van der Waals surface area contributed by atoms with Gasteiger partial charge < -0.3 is 10.6 Å². The summed E-state index contributed by atoms with van der Waals surface area (Å²) in [6.07, 6.45) is 6.35. The van der Waals surface area contributed by atoms with E-state index in [1.165, 1.54) is 12.1 Å². The first-order valence-corrected chi connectivity index (χ1v) is 9.55. The van der Waals surface area contributed by atoms with E-state index in [0.29, 0.717) is 19.5 Å². The normalized spacial score (nSPS) is 16.6. The van der Waals surface area contributed by atoms with E-state index < -0.39 is 0 Å². The number of hydrogen-bond donors (Lipinski definition) is 2. The van der Waals surface area contributed by atoms with Crippen molar-refractivity contribution < 1.29 is 9.18 Å². The van der Waals surface area contributed by atoms with Crippen LogP contribution < -0.4 is 10.6 Å². The first kappa shape index (κ1) is 18.2. The van der Waals surface area contributed by atoms with E-state index in [0.717, 1.165) is 35.2 Å². The molecule has 1 aliphatic rings. The fraction of sp³-hybridized carbons (Fsp3) is 0.273. The molecule has 0 saturated carbocycles. The molecule has 1 aliphatic heterocycles. The Morgan fingerprint density at radius 2 is 2.04 bits per heavy atom. The SMILES string of the molecule is O=C1CCCC(c2cccc(NCc3cnn(Cc4ccc(F)cc4)c3)c2)N1. The Morgan fingerprint density at radius 1 is 1.18 bits per heavy atom. The number of benzene rings is 2. The smallest absolute Gasteiger partial charge is 0.220 e. The van der Waals surface area contributed by atoms with Gasteiger partial charge in [-0.25, -0.2) is 4.39 Å². The van der Waals surface area contributed by atoms with Crippen molar-refractivity contribution >= 4 is 11.6 Å². The number of rotatable bonds is 6. The van der Waals surface area contributed by atoms with Gasteiger partial charge in [-0.05, 0) is 48.2 Å². The molecule has 2 aromatic carbocycles. The van der Waals surface area contributed by atoms with Crippen LogP contribution in [0.2, 0.25) is 0 Å². The molecule has 28 heavy (non-hydrogen) atoms. The predicted octanol–water partition coefficient (Wildman–Crippen LogP) is 4.02. The van der Waals surface area contributed by atoms with Gasteiger partial charge in [0.1, 0.15) is 5.82 Å². The van der Waals surface area contributed by atoms with Gasteiger partial charge in [0, 0.05) is 30.4 Å². The van der Waals surface area contributed by atoms with Crippen LogP contribution in [0.5, 0.6) is 0 Å². The zero-order chi connectivity index (χ0) is 19.3. The van der Waals surface area contributed by atoms with Crippen LogP contribution in [0.1, 0.15) is 42.0 Å². The molecular weight excluding hydrogens is 355 g/mol. The van der Waals surface area contributed by atoms with Gasteiger partial charge in [-0.3, -0.25) is 9.48 Å². The summed E-state index contributed by atoms with van der Waals surface area (Å²) in [6, 6.07) is 14.7. The van der Waals surface area contributed by atoms with Gasteiger partial charge in [0.15, 0.2) is 0 Å². The fourth-order valence-corrected chi connectivity index (χ4v) is 3.49. The van der Waals surface area contributed by atoms with Crippen LogP contribution in [-0.4, -0.2) is 15.7 Å². The first-order chi connectivity index (χ1) is 13.7. The Morgan fingerprint density at radius 3 is 2.86 bits per heavy atom. The van der Waals surface area contributed by atoms with Crippen LogP contribution in [0.3, 0.4) is 0 Å². The monoisotopic (exact) mass is 378 g/mol. The van der Waals surface area contributed by atoms with E-state index in [1.807, 2.05) is 29.2 Å². The molecule has 0 bridgehead atoms. The molecule has 1 atom stereocenters. The number of carbonyl (C=O) groups is 1. The van der Waals surface area contributed by atoms with Crippen molar-refractivity contribution in [2.75, 3.05) is 5.32 Å². The summed E-state index contributed by atoms with van der Waals surface area (Å²) in [5.41, 5.74) is 4.22. The average molecular weight is 378 g/mol. The summed E-state index contributed by atoms with van der Waals surface area (Å²) in [7, 11) is 0. The van der Waals surface area contributed by atoms with E-state index in [9.17, 15) is 9.18 Å². The van der Waals surface area contributed by atoms with Gasteiger partial charge in [0.25, 0.3) is 0 Å². The Hall–Kier alpha value is -3.15. The lowest BCUT2D eigenvalue weighted by atomic mass is 9.97. The van der Waals surface area contributed by atoms with Crippen molar-refractivity contribution in [2.24, 2.45) is 0 Å². The van der Waals surface area contributed by atoms with Crippen molar-refractivity contribution in [2.45, 2.75) is 38.4 Å². The second-order valence-electron chi connectivity index (χ2n) is 7.16. The van der Waals surface area contributed by atoms with Crippen LogP contribution in [0.25, 0.3) is 0 Å². The second kappa shape index (κ2) is 8.25. The highest BCUT2D eigenvalue weighted by atomic mass is 19.1. The maximum atomic E-state index is 13.0. The maximum absolute atomic E-state index is 13.0. The third kappa shape index (κ3) is 4.57. The molecule has 0 spiro atoms. The summed E-state index contributed by atoms with van der Waals surface area (Å²) in [5, 5.41) is 10.9. The van der Waals surface area contributed by atoms with Crippen molar-refractivity contribution in [3.05, 3.63) is 83.4 Å². The van der Waals surface area contributed by atoms with Crippen LogP contribution >= 0.6 is 0 Å². The summed E-state index contributed by atoms with van der Waals surface area (Å²) >= 11 is 0. The second-order valence-corrected chi connectivity index (χ2v) is 7.16. The van der Waals surface area contributed by atoms with E-state index in [4.69, 9.17) is 0 Å². The van der Waals surface area contributed by atoms with Crippen LogP contribution in [-0.2, 0) is 17.9 Å². The molecule has 1 unspecified atom stereocenters. The van der Waals surface area contributed by atoms with Gasteiger partial charge in [-0.15, -0.1) is 0 Å². The Kier molecular flexibility index (Phi) is 5.37. The highest BCUT2D eigenvalue weighted by molar-refractivity contribution is 5.77. The highest BCUT2D eigenvalue weighted by Crippen LogP contribution is 2.25. The van der Waals surface area contributed by atoms with Crippen molar-refractivity contribution in [1.29, 1.82) is 0 Å². The van der Waals surface area contributed by atoms with Gasteiger partial charge in [0.2, 0.25) is 5.91 Å².